The van der Waals surface area contributed by atoms with Gasteiger partial charge in [0.2, 0.25) is 5.91 Å². The number of hydrogen-bond donors (Lipinski definition) is 2. The Labute approximate surface area is 121 Å². The van der Waals surface area contributed by atoms with Gasteiger partial charge in [0, 0.05) is 12.1 Å². The highest BCUT2D eigenvalue weighted by atomic mass is 19.1. The number of amides is 1. The number of unbranched alkanes of at least 4 members (excludes halogenated alkanes) is 1. The summed E-state index contributed by atoms with van der Waals surface area (Å²) in [4.78, 5) is 21.1. The molecule has 0 aromatic heterocycles. The Morgan fingerprint density at radius 2 is 2.14 bits per heavy atom. The lowest BCUT2D eigenvalue weighted by molar-refractivity contribution is -0.385. The van der Waals surface area contributed by atoms with Gasteiger partial charge in [0.25, 0.3) is 0 Å². The first-order chi connectivity index (χ1) is 9.74. The highest BCUT2D eigenvalue weighted by molar-refractivity contribution is 5.83. The number of benzene rings is 1. The molecule has 0 saturated heterocycles. The predicted octanol–water partition coefficient (Wildman–Crippen LogP) is 1.49. The Bertz CT molecular complexity index is 534. The molecule has 1 atom stereocenters. The third-order valence-electron chi connectivity index (χ3n) is 3.03. The molecule has 1 unspecified atom stereocenters. The molecular weight excluding hydrogens is 281 g/mol. The summed E-state index contributed by atoms with van der Waals surface area (Å²) in [7, 11) is 0. The SMILES string of the molecule is CC(N)(CCCCOc1cc(F)ccc1[N+](=O)[O-])C(N)=O. The van der Waals surface area contributed by atoms with Gasteiger partial charge >= 0.3 is 5.69 Å². The molecule has 0 radical (unpaired) electrons. The molecule has 7 nitrogen and oxygen atoms in total. The molecule has 1 amide bonds. The van der Waals surface area contributed by atoms with Crippen LogP contribution in [0.5, 0.6) is 5.75 Å². The molecule has 0 fully saturated rings. The summed E-state index contributed by atoms with van der Waals surface area (Å²) in [6.45, 7) is 1.69. The van der Waals surface area contributed by atoms with Crippen LogP contribution in [0, 0.1) is 15.9 Å². The number of carbonyl (C=O) groups excluding carboxylic acids is 1. The topological polar surface area (TPSA) is 121 Å². The number of primary amides is 1. The van der Waals surface area contributed by atoms with Crippen molar-refractivity contribution >= 4 is 11.6 Å². The molecule has 0 bridgehead atoms. The summed E-state index contributed by atoms with van der Waals surface area (Å²) in [5.74, 6) is -1.33. The van der Waals surface area contributed by atoms with Crippen LogP contribution in [0.25, 0.3) is 0 Å². The number of rotatable bonds is 8. The molecule has 1 aromatic carbocycles. The predicted molar refractivity (Wildman–Crippen MR) is 74.2 cm³/mol. The third-order valence-corrected chi connectivity index (χ3v) is 3.03. The minimum atomic E-state index is -1.09. The van der Waals surface area contributed by atoms with Crippen molar-refractivity contribution in [1.29, 1.82) is 0 Å². The second-order valence-corrected chi connectivity index (χ2v) is 4.96. The first-order valence-corrected chi connectivity index (χ1v) is 6.39. The summed E-state index contributed by atoms with van der Waals surface area (Å²) in [5, 5.41) is 10.8. The number of halogens is 1. The van der Waals surface area contributed by atoms with Gasteiger partial charge in [-0.2, -0.15) is 0 Å². The van der Waals surface area contributed by atoms with Crippen molar-refractivity contribution in [2.24, 2.45) is 11.5 Å². The third kappa shape index (κ3) is 4.99. The number of nitrogens with two attached hydrogens (primary N) is 2. The fraction of sp³-hybridized carbons (Fsp3) is 0.462. The Hall–Kier alpha value is -2.22. The van der Waals surface area contributed by atoms with E-state index in [9.17, 15) is 19.3 Å². The standard InChI is InChI=1S/C13H18FN3O4/c1-13(16,12(15)18)6-2-3-7-21-11-8-9(14)4-5-10(11)17(19)20/h4-5,8H,2-3,6-7,16H2,1H3,(H2,15,18). The molecule has 21 heavy (non-hydrogen) atoms. The number of hydrogen-bond acceptors (Lipinski definition) is 5. The highest BCUT2D eigenvalue weighted by Gasteiger charge is 2.24. The summed E-state index contributed by atoms with van der Waals surface area (Å²) in [6.07, 6.45) is 1.43. The van der Waals surface area contributed by atoms with Crippen molar-refractivity contribution in [3.63, 3.8) is 0 Å². The van der Waals surface area contributed by atoms with Crippen molar-refractivity contribution in [3.8, 4) is 5.75 Å². The van der Waals surface area contributed by atoms with Crippen LogP contribution >= 0.6 is 0 Å². The molecule has 1 aromatic rings. The Balaban J connectivity index is 2.48. The van der Waals surface area contributed by atoms with Gasteiger partial charge in [-0.05, 0) is 32.3 Å². The van der Waals surface area contributed by atoms with Crippen molar-refractivity contribution < 1.29 is 18.8 Å². The molecule has 1 rings (SSSR count). The number of nitrogens with zero attached hydrogens (tertiary/aromatic N) is 1. The minimum Gasteiger partial charge on any atom is -0.487 e. The van der Waals surface area contributed by atoms with Gasteiger partial charge in [-0.25, -0.2) is 4.39 Å². The Morgan fingerprint density at radius 3 is 2.71 bits per heavy atom. The second kappa shape index (κ2) is 6.98. The van der Waals surface area contributed by atoms with E-state index in [-0.39, 0.29) is 18.0 Å². The van der Waals surface area contributed by atoms with Gasteiger partial charge in [-0.1, -0.05) is 0 Å². The van der Waals surface area contributed by atoms with E-state index >= 15 is 0 Å². The van der Waals surface area contributed by atoms with E-state index < -0.39 is 22.2 Å². The van der Waals surface area contributed by atoms with Gasteiger partial charge in [-0.3, -0.25) is 14.9 Å². The van der Waals surface area contributed by atoms with Crippen LogP contribution in [0.1, 0.15) is 26.2 Å². The number of carbonyl (C=O) groups is 1. The molecule has 0 aliphatic rings. The number of ether oxygens (including phenoxy) is 1. The van der Waals surface area contributed by atoms with Crippen molar-refractivity contribution in [2.75, 3.05) is 6.61 Å². The summed E-state index contributed by atoms with van der Waals surface area (Å²) in [5.41, 5.74) is 9.43. The van der Waals surface area contributed by atoms with E-state index in [0.717, 1.165) is 18.2 Å². The maximum Gasteiger partial charge on any atom is 0.311 e. The highest BCUT2D eigenvalue weighted by Crippen LogP contribution is 2.27. The van der Waals surface area contributed by atoms with Gasteiger partial charge in [0.1, 0.15) is 5.82 Å². The van der Waals surface area contributed by atoms with Gasteiger partial charge in [-0.15, -0.1) is 0 Å². The van der Waals surface area contributed by atoms with Crippen molar-refractivity contribution in [2.45, 2.75) is 31.7 Å². The second-order valence-electron chi connectivity index (χ2n) is 4.96. The molecule has 0 spiro atoms. The molecule has 4 N–H and O–H groups in total. The van der Waals surface area contributed by atoms with Crippen LogP contribution in [-0.4, -0.2) is 23.0 Å². The van der Waals surface area contributed by atoms with E-state index in [0.29, 0.717) is 19.3 Å². The fourth-order valence-corrected chi connectivity index (χ4v) is 1.65. The van der Waals surface area contributed by atoms with E-state index in [1.165, 1.54) is 6.92 Å². The zero-order valence-corrected chi connectivity index (χ0v) is 11.7. The summed E-state index contributed by atoms with van der Waals surface area (Å²) < 4.78 is 18.3. The normalized spacial score (nSPS) is 13.5. The van der Waals surface area contributed by atoms with Crippen LogP contribution in [0.3, 0.4) is 0 Å². The lowest BCUT2D eigenvalue weighted by atomic mass is 9.96. The number of nitro groups is 1. The van der Waals surface area contributed by atoms with Crippen LogP contribution in [0.2, 0.25) is 0 Å². The van der Waals surface area contributed by atoms with Crippen LogP contribution in [0.15, 0.2) is 18.2 Å². The summed E-state index contributed by atoms with van der Waals surface area (Å²) in [6, 6.07) is 3.01. The molecule has 0 aliphatic carbocycles. The lowest BCUT2D eigenvalue weighted by Crippen LogP contribution is -2.49. The van der Waals surface area contributed by atoms with Crippen molar-refractivity contribution in [3.05, 3.63) is 34.1 Å². The molecule has 0 heterocycles. The van der Waals surface area contributed by atoms with Crippen LogP contribution in [-0.2, 0) is 4.79 Å². The van der Waals surface area contributed by atoms with E-state index in [2.05, 4.69) is 0 Å². The molecular formula is C13H18FN3O4. The van der Waals surface area contributed by atoms with Gasteiger partial charge in [0.05, 0.1) is 17.1 Å². The molecule has 0 aliphatic heterocycles. The summed E-state index contributed by atoms with van der Waals surface area (Å²) >= 11 is 0. The lowest BCUT2D eigenvalue weighted by Gasteiger charge is -2.19. The quantitative estimate of drug-likeness (QED) is 0.428. The average molecular weight is 299 g/mol. The van der Waals surface area contributed by atoms with Gasteiger partial charge < -0.3 is 16.2 Å². The van der Waals surface area contributed by atoms with E-state index in [1.807, 2.05) is 0 Å². The van der Waals surface area contributed by atoms with Crippen LogP contribution < -0.4 is 16.2 Å². The van der Waals surface area contributed by atoms with E-state index in [1.54, 1.807) is 0 Å². The molecule has 8 heteroatoms. The first-order valence-electron chi connectivity index (χ1n) is 6.39. The zero-order valence-electron chi connectivity index (χ0n) is 11.7. The monoisotopic (exact) mass is 299 g/mol. The first kappa shape index (κ1) is 16.8. The maximum absolute atomic E-state index is 13.1. The Morgan fingerprint density at radius 1 is 1.48 bits per heavy atom. The average Bonchev–Trinajstić information content (AvgIpc) is 2.37. The fourth-order valence-electron chi connectivity index (χ4n) is 1.65. The van der Waals surface area contributed by atoms with Gasteiger partial charge in [0.15, 0.2) is 5.75 Å². The van der Waals surface area contributed by atoms with E-state index in [4.69, 9.17) is 16.2 Å². The molecule has 116 valence electrons. The molecule has 0 saturated carbocycles. The maximum atomic E-state index is 13.1. The van der Waals surface area contributed by atoms with Crippen LogP contribution in [0.4, 0.5) is 10.1 Å². The zero-order chi connectivity index (χ0) is 16.0. The minimum absolute atomic E-state index is 0.120. The largest absolute Gasteiger partial charge is 0.487 e. The van der Waals surface area contributed by atoms with Crippen molar-refractivity contribution in [1.82, 2.24) is 0 Å². The number of nitro benzene ring substituents is 1. The Kier molecular flexibility index (Phi) is 5.60. The smallest absolute Gasteiger partial charge is 0.311 e.